The summed E-state index contributed by atoms with van der Waals surface area (Å²) in [6, 6.07) is 11.4. The highest BCUT2D eigenvalue weighted by molar-refractivity contribution is 7.89. The molecule has 1 aromatic heterocycles. The molecular formula is C19H19FN2O2S2. The topological polar surface area (TPSA) is 50.3 Å². The fourth-order valence-electron chi connectivity index (χ4n) is 3.50. The van der Waals surface area contributed by atoms with Crippen LogP contribution in [0.15, 0.2) is 47.4 Å². The molecule has 0 amide bonds. The summed E-state index contributed by atoms with van der Waals surface area (Å²) in [5.41, 5.74) is 1.33. The van der Waals surface area contributed by atoms with Crippen molar-refractivity contribution in [2.24, 2.45) is 0 Å². The monoisotopic (exact) mass is 390 g/mol. The third-order valence-corrected chi connectivity index (χ3v) is 7.98. The maximum atomic E-state index is 13.4. The van der Waals surface area contributed by atoms with Crippen molar-refractivity contribution in [3.63, 3.8) is 0 Å². The Labute approximate surface area is 156 Å². The lowest BCUT2D eigenvalue weighted by molar-refractivity contribution is 0.255. The zero-order valence-corrected chi connectivity index (χ0v) is 16.0. The zero-order valence-electron chi connectivity index (χ0n) is 14.4. The highest BCUT2D eigenvalue weighted by atomic mass is 32.2. The Morgan fingerprint density at radius 2 is 2.00 bits per heavy atom. The van der Waals surface area contributed by atoms with Crippen LogP contribution in [0, 0.1) is 12.7 Å². The molecule has 1 unspecified atom stereocenters. The molecule has 0 bridgehead atoms. The van der Waals surface area contributed by atoms with Crippen LogP contribution in [0.3, 0.4) is 0 Å². The number of aryl methyl sites for hydroxylation is 1. The van der Waals surface area contributed by atoms with Crippen molar-refractivity contribution >= 4 is 31.6 Å². The molecule has 26 heavy (non-hydrogen) atoms. The predicted molar refractivity (Wildman–Crippen MR) is 101 cm³/mol. The van der Waals surface area contributed by atoms with E-state index in [4.69, 9.17) is 0 Å². The van der Waals surface area contributed by atoms with Crippen molar-refractivity contribution in [1.29, 1.82) is 0 Å². The minimum absolute atomic E-state index is 0.173. The number of hydrogen-bond donors (Lipinski definition) is 0. The Balaban J connectivity index is 1.77. The summed E-state index contributed by atoms with van der Waals surface area (Å²) in [4.78, 5) is 4.86. The van der Waals surface area contributed by atoms with Crippen LogP contribution < -0.4 is 0 Å². The Bertz CT molecular complexity index is 1030. The van der Waals surface area contributed by atoms with Crippen molar-refractivity contribution in [2.75, 3.05) is 6.54 Å². The lowest BCUT2D eigenvalue weighted by Gasteiger charge is -2.33. The third-order valence-electron chi connectivity index (χ3n) is 4.77. The van der Waals surface area contributed by atoms with Gasteiger partial charge in [-0.15, -0.1) is 11.3 Å². The largest absolute Gasteiger partial charge is 0.243 e. The number of fused-ring (bicyclic) bond motifs is 1. The number of piperidine rings is 1. The van der Waals surface area contributed by atoms with Crippen LogP contribution in [-0.4, -0.2) is 24.3 Å². The number of benzene rings is 2. The van der Waals surface area contributed by atoms with E-state index in [0.717, 1.165) is 34.5 Å². The highest BCUT2D eigenvalue weighted by Gasteiger charge is 2.36. The van der Waals surface area contributed by atoms with Crippen LogP contribution in [-0.2, 0) is 10.0 Å². The fraction of sp³-hybridized carbons (Fsp3) is 0.316. The Morgan fingerprint density at radius 3 is 2.77 bits per heavy atom. The molecule has 0 aliphatic carbocycles. The summed E-state index contributed by atoms with van der Waals surface area (Å²) in [6.45, 7) is 2.09. The van der Waals surface area contributed by atoms with Gasteiger partial charge in [-0.05, 0) is 55.7 Å². The molecule has 7 heteroatoms. The summed E-state index contributed by atoms with van der Waals surface area (Å²) >= 11 is 1.55. The first-order valence-corrected chi connectivity index (χ1v) is 10.9. The molecular weight excluding hydrogens is 371 g/mol. The van der Waals surface area contributed by atoms with E-state index in [2.05, 4.69) is 4.98 Å². The van der Waals surface area contributed by atoms with E-state index in [0.29, 0.717) is 12.1 Å². The lowest BCUT2D eigenvalue weighted by Crippen LogP contribution is -2.38. The summed E-state index contributed by atoms with van der Waals surface area (Å²) in [7, 11) is -3.71. The predicted octanol–water partition coefficient (Wildman–Crippen LogP) is 4.66. The number of hydrogen-bond acceptors (Lipinski definition) is 4. The standard InChI is InChI=1S/C19H19FN2O2S2/c1-13-12-14(20)9-10-18(13)26(23,24)22-11-5-4-7-16(22)19-21-15-6-2-3-8-17(15)25-19/h2-3,6,8-10,12,16H,4-5,7,11H2,1H3. The minimum atomic E-state index is -3.71. The van der Waals surface area contributed by atoms with E-state index >= 15 is 0 Å². The van der Waals surface area contributed by atoms with Crippen molar-refractivity contribution in [1.82, 2.24) is 9.29 Å². The van der Waals surface area contributed by atoms with Crippen molar-refractivity contribution in [3.05, 3.63) is 58.9 Å². The summed E-state index contributed by atoms with van der Waals surface area (Å²) in [5, 5.41) is 0.828. The Morgan fingerprint density at radius 1 is 1.19 bits per heavy atom. The summed E-state index contributed by atoms with van der Waals surface area (Å²) in [6.07, 6.45) is 2.54. The number of aromatic nitrogens is 1. The van der Waals surface area contributed by atoms with Gasteiger partial charge in [0.2, 0.25) is 10.0 Å². The van der Waals surface area contributed by atoms with Gasteiger partial charge in [0.25, 0.3) is 0 Å². The molecule has 1 aliphatic heterocycles. The summed E-state index contributed by atoms with van der Waals surface area (Å²) < 4.78 is 42.6. The van der Waals surface area contributed by atoms with E-state index in [1.807, 2.05) is 24.3 Å². The van der Waals surface area contributed by atoms with Gasteiger partial charge >= 0.3 is 0 Å². The normalized spacial score (nSPS) is 19.1. The molecule has 2 heterocycles. The smallest absolute Gasteiger partial charge is 0.239 e. The number of rotatable bonds is 3. The van der Waals surface area contributed by atoms with Crippen molar-refractivity contribution in [3.8, 4) is 0 Å². The number of nitrogens with zero attached hydrogens (tertiary/aromatic N) is 2. The van der Waals surface area contributed by atoms with Gasteiger partial charge < -0.3 is 0 Å². The molecule has 0 N–H and O–H groups in total. The fourth-order valence-corrected chi connectivity index (χ4v) is 6.55. The van der Waals surface area contributed by atoms with Crippen LogP contribution in [0.25, 0.3) is 10.2 Å². The maximum Gasteiger partial charge on any atom is 0.243 e. The molecule has 4 rings (SSSR count). The van der Waals surface area contributed by atoms with Crippen LogP contribution in [0.2, 0.25) is 0 Å². The van der Waals surface area contributed by atoms with Gasteiger partial charge in [0, 0.05) is 6.54 Å². The number of thiazole rings is 1. The second-order valence-corrected chi connectivity index (χ2v) is 9.48. The van der Waals surface area contributed by atoms with Crippen LogP contribution in [0.4, 0.5) is 4.39 Å². The molecule has 4 nitrogen and oxygen atoms in total. The maximum absolute atomic E-state index is 13.4. The van der Waals surface area contributed by atoms with Crippen LogP contribution in [0.5, 0.6) is 0 Å². The SMILES string of the molecule is Cc1cc(F)ccc1S(=O)(=O)N1CCCCC1c1nc2ccccc2s1. The zero-order chi connectivity index (χ0) is 18.3. The number of halogens is 1. The first-order valence-electron chi connectivity index (χ1n) is 8.60. The molecule has 0 spiro atoms. The number of sulfonamides is 1. The first-order chi connectivity index (χ1) is 12.5. The average molecular weight is 391 g/mol. The molecule has 1 atom stereocenters. The molecule has 1 fully saturated rings. The second-order valence-electron chi connectivity index (χ2n) is 6.56. The van der Waals surface area contributed by atoms with Crippen molar-refractivity contribution in [2.45, 2.75) is 37.1 Å². The van der Waals surface area contributed by atoms with Gasteiger partial charge in [-0.1, -0.05) is 18.6 Å². The first kappa shape index (κ1) is 17.6. The quantitative estimate of drug-likeness (QED) is 0.654. The van der Waals surface area contributed by atoms with Gasteiger partial charge in [0.1, 0.15) is 10.8 Å². The lowest BCUT2D eigenvalue weighted by atomic mass is 10.1. The molecule has 2 aromatic carbocycles. The Hall–Kier alpha value is -1.83. The Kier molecular flexibility index (Phi) is 4.54. The van der Waals surface area contributed by atoms with Crippen molar-refractivity contribution < 1.29 is 12.8 Å². The van der Waals surface area contributed by atoms with E-state index in [-0.39, 0.29) is 10.9 Å². The van der Waals surface area contributed by atoms with E-state index in [1.165, 1.54) is 18.2 Å². The van der Waals surface area contributed by atoms with Crippen LogP contribution in [0.1, 0.15) is 35.9 Å². The van der Waals surface area contributed by atoms with Gasteiger partial charge in [-0.25, -0.2) is 17.8 Å². The molecule has 136 valence electrons. The third kappa shape index (κ3) is 3.04. The highest BCUT2D eigenvalue weighted by Crippen LogP contribution is 2.39. The van der Waals surface area contributed by atoms with E-state index in [1.54, 1.807) is 22.6 Å². The van der Waals surface area contributed by atoms with Gasteiger partial charge in [-0.2, -0.15) is 4.31 Å². The summed E-state index contributed by atoms with van der Waals surface area (Å²) in [5.74, 6) is -0.428. The molecule has 3 aromatic rings. The molecule has 0 saturated carbocycles. The van der Waals surface area contributed by atoms with Crippen LogP contribution >= 0.6 is 11.3 Å². The number of para-hydroxylation sites is 1. The molecule has 1 aliphatic rings. The van der Waals surface area contributed by atoms with E-state index < -0.39 is 15.8 Å². The van der Waals surface area contributed by atoms with Gasteiger partial charge in [0.05, 0.1) is 21.2 Å². The van der Waals surface area contributed by atoms with E-state index in [9.17, 15) is 12.8 Å². The molecule has 0 radical (unpaired) electrons. The second kappa shape index (κ2) is 6.72. The molecule has 1 saturated heterocycles. The average Bonchev–Trinajstić information content (AvgIpc) is 3.05. The minimum Gasteiger partial charge on any atom is -0.239 e. The van der Waals surface area contributed by atoms with Gasteiger partial charge in [0.15, 0.2) is 0 Å². The van der Waals surface area contributed by atoms with Gasteiger partial charge in [-0.3, -0.25) is 0 Å².